The van der Waals surface area contributed by atoms with Crippen molar-refractivity contribution in [1.82, 2.24) is 10.2 Å². The number of fused-ring (bicyclic) bond motifs is 1. The number of benzene rings is 1. The topological polar surface area (TPSA) is 28.7 Å². The Hall–Kier alpha value is -1.27. The summed E-state index contributed by atoms with van der Waals surface area (Å²) < 4.78 is 0. The van der Waals surface area contributed by atoms with Crippen LogP contribution in [-0.4, -0.2) is 15.5 Å². The number of halogens is 1. The summed E-state index contributed by atoms with van der Waals surface area (Å²) in [5, 5.41) is 8.79. The molecule has 0 radical (unpaired) electrons. The highest BCUT2D eigenvalue weighted by Gasteiger charge is 1.99. The van der Waals surface area contributed by atoms with Gasteiger partial charge >= 0.3 is 0 Å². The number of H-pyrrole nitrogens is 1. The summed E-state index contributed by atoms with van der Waals surface area (Å²) >= 11 is 3.25. The summed E-state index contributed by atoms with van der Waals surface area (Å²) in [6.07, 6.45) is 0. The van der Waals surface area contributed by atoms with Crippen LogP contribution in [0.25, 0.3) is 10.9 Å². The van der Waals surface area contributed by atoms with Gasteiger partial charge in [-0.15, -0.1) is 0 Å². The fourth-order valence-corrected chi connectivity index (χ4v) is 1.32. The fourth-order valence-electron chi connectivity index (χ4n) is 1.18. The smallest absolute Gasteiger partial charge is 0.115 e. The van der Waals surface area contributed by atoms with Crippen LogP contribution in [0.5, 0.6) is 0 Å². The average molecular weight is 235 g/mol. The number of nitrogens with zero attached hydrogens (tertiary/aromatic N) is 1. The zero-order valence-corrected chi connectivity index (χ0v) is 8.43. The second-order valence-corrected chi connectivity index (χ2v) is 3.11. The maximum Gasteiger partial charge on any atom is 0.115 e. The van der Waals surface area contributed by atoms with Gasteiger partial charge < -0.3 is 0 Å². The minimum Gasteiger partial charge on any atom is -0.269 e. The summed E-state index contributed by atoms with van der Waals surface area (Å²) in [6, 6.07) is 7.92. The van der Waals surface area contributed by atoms with Gasteiger partial charge in [0.1, 0.15) is 5.69 Å². The lowest BCUT2D eigenvalue weighted by atomic mass is 10.2. The van der Waals surface area contributed by atoms with Gasteiger partial charge in [-0.1, -0.05) is 34.0 Å². The highest BCUT2D eigenvalue weighted by molar-refractivity contribution is 9.09. The van der Waals surface area contributed by atoms with Gasteiger partial charge in [0.2, 0.25) is 0 Å². The second kappa shape index (κ2) is 3.63. The molecule has 64 valence electrons. The van der Waals surface area contributed by atoms with Crippen LogP contribution >= 0.6 is 15.9 Å². The van der Waals surface area contributed by atoms with Gasteiger partial charge in [0.25, 0.3) is 0 Å². The van der Waals surface area contributed by atoms with Crippen molar-refractivity contribution in [2.75, 3.05) is 5.33 Å². The summed E-state index contributed by atoms with van der Waals surface area (Å²) in [4.78, 5) is 0. The van der Waals surface area contributed by atoms with E-state index in [0.29, 0.717) is 5.33 Å². The van der Waals surface area contributed by atoms with Crippen molar-refractivity contribution in [2.45, 2.75) is 0 Å². The Bertz CT molecular complexity index is 476. The molecule has 2 rings (SSSR count). The fraction of sp³-hybridized carbons (Fsp3) is 0.100. The van der Waals surface area contributed by atoms with E-state index >= 15 is 0 Å². The van der Waals surface area contributed by atoms with E-state index in [-0.39, 0.29) is 0 Å². The molecule has 0 aliphatic rings. The van der Waals surface area contributed by atoms with Crippen molar-refractivity contribution in [3.63, 3.8) is 0 Å². The van der Waals surface area contributed by atoms with E-state index in [4.69, 9.17) is 0 Å². The standard InChI is InChI=1S/C10H7BrN2/c11-7-3-6-10-8-4-1-2-5-9(8)12-13-10/h1-2,4-5H,7H2,(H,12,13). The number of rotatable bonds is 0. The number of para-hydroxylation sites is 1. The van der Waals surface area contributed by atoms with Gasteiger partial charge in [0, 0.05) is 5.39 Å². The molecule has 13 heavy (non-hydrogen) atoms. The van der Waals surface area contributed by atoms with E-state index < -0.39 is 0 Å². The lowest BCUT2D eigenvalue weighted by Gasteiger charge is -1.84. The first kappa shape index (κ1) is 8.33. The van der Waals surface area contributed by atoms with Crippen LogP contribution in [0.2, 0.25) is 0 Å². The van der Waals surface area contributed by atoms with Crippen LogP contribution < -0.4 is 0 Å². The van der Waals surface area contributed by atoms with Crippen LogP contribution in [0.3, 0.4) is 0 Å². The van der Waals surface area contributed by atoms with Gasteiger partial charge in [-0.05, 0) is 18.1 Å². The molecule has 0 amide bonds. The Morgan fingerprint density at radius 2 is 2.23 bits per heavy atom. The molecule has 3 heteroatoms. The Balaban J connectivity index is 2.58. The third-order valence-corrected chi connectivity index (χ3v) is 2.02. The van der Waals surface area contributed by atoms with Crippen LogP contribution in [0, 0.1) is 11.8 Å². The summed E-state index contributed by atoms with van der Waals surface area (Å²) in [6.45, 7) is 0. The Morgan fingerprint density at radius 3 is 3.08 bits per heavy atom. The molecule has 2 nitrogen and oxygen atoms in total. The minimum atomic E-state index is 0.681. The normalized spacial score (nSPS) is 9.62. The predicted octanol–water partition coefficient (Wildman–Crippen LogP) is 2.31. The van der Waals surface area contributed by atoms with E-state index in [1.807, 2.05) is 24.3 Å². The quantitative estimate of drug-likeness (QED) is 0.550. The first-order valence-electron chi connectivity index (χ1n) is 3.90. The Kier molecular flexibility index (Phi) is 2.33. The molecular weight excluding hydrogens is 228 g/mol. The van der Waals surface area contributed by atoms with Gasteiger partial charge in [-0.3, -0.25) is 5.10 Å². The van der Waals surface area contributed by atoms with Crippen LogP contribution in [0.15, 0.2) is 24.3 Å². The zero-order valence-electron chi connectivity index (χ0n) is 6.84. The number of hydrogen-bond donors (Lipinski definition) is 1. The van der Waals surface area contributed by atoms with Crippen molar-refractivity contribution >= 4 is 26.8 Å². The molecule has 0 spiro atoms. The van der Waals surface area contributed by atoms with Crippen molar-refractivity contribution in [3.8, 4) is 11.8 Å². The van der Waals surface area contributed by atoms with E-state index in [0.717, 1.165) is 16.6 Å². The molecule has 0 aliphatic heterocycles. The monoisotopic (exact) mass is 234 g/mol. The second-order valence-electron chi connectivity index (χ2n) is 2.55. The molecule has 0 bridgehead atoms. The third kappa shape index (κ3) is 1.58. The summed E-state index contributed by atoms with van der Waals surface area (Å²) in [5.41, 5.74) is 1.84. The molecule has 0 saturated heterocycles. The SMILES string of the molecule is BrCC#Cc1[nH]nc2ccccc12. The molecule has 0 saturated carbocycles. The molecule has 0 atom stereocenters. The van der Waals surface area contributed by atoms with Gasteiger partial charge in [-0.2, -0.15) is 5.10 Å². The van der Waals surface area contributed by atoms with Crippen molar-refractivity contribution in [2.24, 2.45) is 0 Å². The van der Waals surface area contributed by atoms with Gasteiger partial charge in [0.05, 0.1) is 10.8 Å². The first-order chi connectivity index (χ1) is 6.42. The van der Waals surface area contributed by atoms with Gasteiger partial charge in [0.15, 0.2) is 0 Å². The Labute approximate surface area is 84.5 Å². The molecule has 1 heterocycles. The largest absolute Gasteiger partial charge is 0.269 e. The molecule has 0 fully saturated rings. The molecular formula is C10H7BrN2. The third-order valence-electron chi connectivity index (χ3n) is 1.74. The Morgan fingerprint density at radius 1 is 1.38 bits per heavy atom. The number of aromatic nitrogens is 2. The van der Waals surface area contributed by atoms with Crippen LogP contribution in [0.4, 0.5) is 0 Å². The van der Waals surface area contributed by atoms with Crippen LogP contribution in [-0.2, 0) is 0 Å². The predicted molar refractivity (Wildman–Crippen MR) is 56.8 cm³/mol. The van der Waals surface area contributed by atoms with Gasteiger partial charge in [-0.25, -0.2) is 0 Å². The number of hydrogen-bond acceptors (Lipinski definition) is 1. The van der Waals surface area contributed by atoms with E-state index in [1.54, 1.807) is 0 Å². The molecule has 2 aromatic rings. The molecule has 1 aromatic carbocycles. The summed E-state index contributed by atoms with van der Waals surface area (Å²) in [7, 11) is 0. The lowest BCUT2D eigenvalue weighted by molar-refractivity contribution is 1.10. The molecule has 0 aliphatic carbocycles. The average Bonchev–Trinajstić information content (AvgIpc) is 2.58. The van der Waals surface area contributed by atoms with E-state index in [2.05, 4.69) is 38.0 Å². The number of nitrogens with one attached hydrogen (secondary N) is 1. The number of aromatic amines is 1. The van der Waals surface area contributed by atoms with Crippen molar-refractivity contribution in [3.05, 3.63) is 30.0 Å². The molecule has 1 aromatic heterocycles. The maximum absolute atomic E-state index is 4.13. The molecule has 0 unspecified atom stereocenters. The zero-order chi connectivity index (χ0) is 9.10. The lowest BCUT2D eigenvalue weighted by Crippen LogP contribution is -1.74. The maximum atomic E-state index is 4.13. The van der Waals surface area contributed by atoms with Crippen LogP contribution in [0.1, 0.15) is 5.69 Å². The number of alkyl halides is 1. The highest BCUT2D eigenvalue weighted by atomic mass is 79.9. The van der Waals surface area contributed by atoms with E-state index in [9.17, 15) is 0 Å². The van der Waals surface area contributed by atoms with Crippen molar-refractivity contribution in [1.29, 1.82) is 0 Å². The van der Waals surface area contributed by atoms with Crippen molar-refractivity contribution < 1.29 is 0 Å². The van der Waals surface area contributed by atoms with E-state index in [1.165, 1.54) is 0 Å². The first-order valence-corrected chi connectivity index (χ1v) is 5.02. The highest BCUT2D eigenvalue weighted by Crippen LogP contribution is 2.13. The molecule has 1 N–H and O–H groups in total. The summed E-state index contributed by atoms with van der Waals surface area (Å²) in [5.74, 6) is 5.94. The minimum absolute atomic E-state index is 0.681.